The largest absolute Gasteiger partial charge is 0.0982 e. The predicted octanol–water partition coefficient (Wildman–Crippen LogP) is 1.98. The van der Waals surface area contributed by atoms with Crippen LogP contribution in [0.2, 0.25) is 0 Å². The summed E-state index contributed by atoms with van der Waals surface area (Å²) in [5.41, 5.74) is 1.27. The van der Waals surface area contributed by atoms with Crippen molar-refractivity contribution in [2.75, 3.05) is 0 Å². The lowest BCUT2D eigenvalue weighted by Gasteiger charge is -2.01. The molecule has 0 aliphatic heterocycles. The van der Waals surface area contributed by atoms with Crippen LogP contribution in [0.15, 0.2) is 12.2 Å². The summed E-state index contributed by atoms with van der Waals surface area (Å²) in [7, 11) is 0. The van der Waals surface area contributed by atoms with Crippen molar-refractivity contribution in [3.05, 3.63) is 12.2 Å². The highest BCUT2D eigenvalue weighted by atomic mass is 14.1. The van der Waals surface area contributed by atoms with Gasteiger partial charge in [-0.3, -0.25) is 0 Å². The van der Waals surface area contributed by atoms with Gasteiger partial charge in [-0.05, 0) is 6.42 Å². The minimum Gasteiger partial charge on any atom is -0.0982 e. The van der Waals surface area contributed by atoms with Crippen LogP contribution in [0.25, 0.3) is 0 Å². The van der Waals surface area contributed by atoms with E-state index in [4.69, 9.17) is 0 Å². The summed E-state index contributed by atoms with van der Waals surface area (Å²) in [4.78, 5) is 0. The molecule has 0 heteroatoms. The lowest BCUT2D eigenvalue weighted by atomic mass is 10.0. The topological polar surface area (TPSA) is 0 Å². The molecule has 0 saturated heterocycles. The fourth-order valence-corrected chi connectivity index (χ4v) is 0.904. The third-order valence-electron chi connectivity index (χ3n) is 1.49. The van der Waals surface area contributed by atoms with E-state index in [9.17, 15) is 0 Å². The molecule has 0 amide bonds. The average Bonchev–Trinajstić information content (AvgIpc) is 2.14. The molecule has 0 nitrogen and oxygen atoms in total. The highest BCUT2D eigenvalue weighted by Gasteiger charge is 2.09. The Morgan fingerprint density at radius 1 is 1.88 bits per heavy atom. The summed E-state index contributed by atoms with van der Waals surface area (Å²) in [6.45, 7) is 6.03. The Hall–Kier alpha value is -0.700. The summed E-state index contributed by atoms with van der Waals surface area (Å²) in [6.07, 6.45) is 2.06. The van der Waals surface area contributed by atoms with Crippen LogP contribution >= 0.6 is 0 Å². The molecular formula is C8H10. The van der Waals surface area contributed by atoms with E-state index in [0.717, 1.165) is 12.8 Å². The summed E-state index contributed by atoms with van der Waals surface area (Å²) in [5, 5.41) is 0. The van der Waals surface area contributed by atoms with Crippen molar-refractivity contribution in [1.29, 1.82) is 0 Å². The van der Waals surface area contributed by atoms with Gasteiger partial charge in [-0.15, -0.1) is 0 Å². The Morgan fingerprint density at radius 2 is 2.62 bits per heavy atom. The first kappa shape index (κ1) is 5.44. The van der Waals surface area contributed by atoms with E-state index in [-0.39, 0.29) is 0 Å². The monoisotopic (exact) mass is 106 g/mol. The van der Waals surface area contributed by atoms with E-state index in [1.165, 1.54) is 5.57 Å². The minimum atomic E-state index is 0.509. The zero-order valence-corrected chi connectivity index (χ0v) is 5.20. The summed E-state index contributed by atoms with van der Waals surface area (Å²) in [6, 6.07) is 0. The number of hydrogen-bond donors (Lipinski definition) is 0. The van der Waals surface area contributed by atoms with Crippen LogP contribution in [0.5, 0.6) is 0 Å². The molecule has 0 aromatic heterocycles. The van der Waals surface area contributed by atoms with Crippen molar-refractivity contribution >= 4 is 0 Å². The van der Waals surface area contributed by atoms with E-state index < -0.39 is 0 Å². The fourth-order valence-electron chi connectivity index (χ4n) is 0.904. The number of hydrogen-bond acceptors (Lipinski definition) is 0. The molecule has 0 fully saturated rings. The van der Waals surface area contributed by atoms with Crippen LogP contribution in [-0.4, -0.2) is 0 Å². The Balaban J connectivity index is 2.57. The maximum absolute atomic E-state index is 3.88. The van der Waals surface area contributed by atoms with E-state index in [2.05, 4.69) is 25.3 Å². The van der Waals surface area contributed by atoms with Crippen molar-refractivity contribution in [3.63, 3.8) is 0 Å². The molecule has 1 rings (SSSR count). The van der Waals surface area contributed by atoms with Gasteiger partial charge in [-0.1, -0.05) is 30.9 Å². The average molecular weight is 106 g/mol. The van der Waals surface area contributed by atoms with E-state index in [1.54, 1.807) is 0 Å². The maximum Gasteiger partial charge on any atom is 0.0416 e. The zero-order chi connectivity index (χ0) is 5.98. The molecule has 0 saturated carbocycles. The van der Waals surface area contributed by atoms with Gasteiger partial charge in [0.2, 0.25) is 0 Å². The molecule has 0 aromatic carbocycles. The first-order chi connectivity index (χ1) is 3.84. The first-order valence-corrected chi connectivity index (χ1v) is 3.00. The molecule has 8 heavy (non-hydrogen) atoms. The SMILES string of the molecule is C=C1CC#CC1CC. The van der Waals surface area contributed by atoms with Gasteiger partial charge in [-0.2, -0.15) is 0 Å². The predicted molar refractivity (Wildman–Crippen MR) is 35.3 cm³/mol. The molecule has 1 atom stereocenters. The highest BCUT2D eigenvalue weighted by molar-refractivity contribution is 5.28. The Labute approximate surface area is 50.6 Å². The Morgan fingerprint density at radius 3 is 2.88 bits per heavy atom. The van der Waals surface area contributed by atoms with Gasteiger partial charge >= 0.3 is 0 Å². The highest BCUT2D eigenvalue weighted by Crippen LogP contribution is 2.19. The third-order valence-corrected chi connectivity index (χ3v) is 1.49. The summed E-state index contributed by atoms with van der Waals surface area (Å²) < 4.78 is 0. The van der Waals surface area contributed by atoms with Crippen LogP contribution in [-0.2, 0) is 0 Å². The number of rotatable bonds is 1. The second-order valence-electron chi connectivity index (χ2n) is 2.12. The van der Waals surface area contributed by atoms with Crippen LogP contribution in [0.3, 0.4) is 0 Å². The first-order valence-electron chi connectivity index (χ1n) is 3.00. The smallest absolute Gasteiger partial charge is 0.0416 e. The van der Waals surface area contributed by atoms with Crippen molar-refractivity contribution in [2.45, 2.75) is 19.8 Å². The van der Waals surface area contributed by atoms with Gasteiger partial charge in [0.25, 0.3) is 0 Å². The number of allylic oxidation sites excluding steroid dienone is 1. The molecule has 0 heterocycles. The van der Waals surface area contributed by atoms with Crippen molar-refractivity contribution in [1.82, 2.24) is 0 Å². The third kappa shape index (κ3) is 0.767. The molecule has 0 bridgehead atoms. The molecular weight excluding hydrogens is 96.1 g/mol. The standard InChI is InChI=1S/C8H10/c1-3-8-6-4-5-7(8)2/h8H,2-3,5H2,1H3. The summed E-state index contributed by atoms with van der Waals surface area (Å²) in [5.74, 6) is 6.64. The Bertz CT molecular complexity index is 155. The maximum atomic E-state index is 3.88. The molecule has 1 unspecified atom stereocenters. The normalized spacial score (nSPS) is 25.1. The van der Waals surface area contributed by atoms with E-state index in [1.807, 2.05) is 0 Å². The lowest BCUT2D eigenvalue weighted by Crippen LogP contribution is -1.91. The van der Waals surface area contributed by atoms with Gasteiger partial charge in [-0.25, -0.2) is 0 Å². The Kier molecular flexibility index (Phi) is 1.39. The molecule has 1 aliphatic rings. The van der Waals surface area contributed by atoms with Crippen molar-refractivity contribution < 1.29 is 0 Å². The second kappa shape index (κ2) is 2.05. The van der Waals surface area contributed by atoms with E-state index in [0.29, 0.717) is 5.92 Å². The van der Waals surface area contributed by atoms with Crippen LogP contribution < -0.4 is 0 Å². The van der Waals surface area contributed by atoms with Crippen LogP contribution in [0.1, 0.15) is 19.8 Å². The second-order valence-corrected chi connectivity index (χ2v) is 2.12. The van der Waals surface area contributed by atoms with Crippen molar-refractivity contribution in [2.24, 2.45) is 5.92 Å². The fraction of sp³-hybridized carbons (Fsp3) is 0.500. The quantitative estimate of drug-likeness (QED) is 0.354. The van der Waals surface area contributed by atoms with Gasteiger partial charge < -0.3 is 0 Å². The minimum absolute atomic E-state index is 0.509. The van der Waals surface area contributed by atoms with E-state index >= 15 is 0 Å². The molecule has 0 spiro atoms. The van der Waals surface area contributed by atoms with Gasteiger partial charge in [0.1, 0.15) is 0 Å². The van der Waals surface area contributed by atoms with Gasteiger partial charge in [0, 0.05) is 12.3 Å². The molecule has 0 N–H and O–H groups in total. The zero-order valence-electron chi connectivity index (χ0n) is 5.20. The summed E-state index contributed by atoms with van der Waals surface area (Å²) >= 11 is 0. The molecule has 0 radical (unpaired) electrons. The van der Waals surface area contributed by atoms with Crippen LogP contribution in [0, 0.1) is 17.8 Å². The van der Waals surface area contributed by atoms with Gasteiger partial charge in [0.05, 0.1) is 0 Å². The molecule has 0 aromatic rings. The van der Waals surface area contributed by atoms with Gasteiger partial charge in [0.15, 0.2) is 0 Å². The van der Waals surface area contributed by atoms with Crippen LogP contribution in [0.4, 0.5) is 0 Å². The lowest BCUT2D eigenvalue weighted by molar-refractivity contribution is 0.758. The molecule has 1 aliphatic carbocycles. The van der Waals surface area contributed by atoms with Crippen molar-refractivity contribution in [3.8, 4) is 11.8 Å². The molecule has 42 valence electrons.